The lowest BCUT2D eigenvalue weighted by molar-refractivity contribution is 0.0515. The van der Waals surface area contributed by atoms with Gasteiger partial charge in [-0.05, 0) is 67.2 Å². The molecule has 2 aromatic rings. The summed E-state index contributed by atoms with van der Waals surface area (Å²) >= 11 is 5.82. The second-order valence-corrected chi connectivity index (χ2v) is 6.15. The van der Waals surface area contributed by atoms with Crippen LogP contribution in [0.1, 0.15) is 41.6 Å². The summed E-state index contributed by atoms with van der Waals surface area (Å²) in [5, 5.41) is 4.71. The van der Waals surface area contributed by atoms with E-state index in [1.165, 1.54) is 0 Å². The lowest BCUT2D eigenvalue weighted by Gasteiger charge is -2.16. The maximum absolute atomic E-state index is 12.1. The summed E-state index contributed by atoms with van der Waals surface area (Å²) in [5.41, 5.74) is 3.56. The number of hydrogen-bond donors (Lipinski definition) is 0. The second kappa shape index (κ2) is 7.93. The van der Waals surface area contributed by atoms with Gasteiger partial charge < -0.3 is 4.84 Å². The molecule has 122 valence electrons. The Hall–Kier alpha value is -2.39. The van der Waals surface area contributed by atoms with E-state index in [0.29, 0.717) is 10.6 Å². The van der Waals surface area contributed by atoms with Crippen molar-refractivity contribution >= 4 is 29.4 Å². The van der Waals surface area contributed by atoms with Crippen molar-refractivity contribution in [1.82, 2.24) is 0 Å². The molecule has 0 aromatic heterocycles. The van der Waals surface area contributed by atoms with Gasteiger partial charge in [-0.1, -0.05) is 47.1 Å². The van der Waals surface area contributed by atoms with Crippen molar-refractivity contribution in [3.8, 4) is 0 Å². The molecule has 0 aliphatic heterocycles. The number of allylic oxidation sites excluding steroid dienone is 1. The Kier molecular flexibility index (Phi) is 5.44. The summed E-state index contributed by atoms with van der Waals surface area (Å²) in [6.07, 6.45) is 6.08. The SMILES string of the molecule is O=C(O/N=C1\CCCC\C1=C\c1ccccc1)c1ccc(Cl)cc1. The number of nitrogens with zero attached hydrogens (tertiary/aromatic N) is 1. The van der Waals surface area contributed by atoms with Gasteiger partial charge in [-0.3, -0.25) is 0 Å². The van der Waals surface area contributed by atoms with Gasteiger partial charge >= 0.3 is 5.97 Å². The first kappa shape index (κ1) is 16.5. The normalized spacial score (nSPS) is 17.9. The lowest BCUT2D eigenvalue weighted by Crippen LogP contribution is -2.11. The van der Waals surface area contributed by atoms with E-state index in [1.54, 1.807) is 24.3 Å². The van der Waals surface area contributed by atoms with Gasteiger partial charge in [-0.25, -0.2) is 4.79 Å². The number of halogens is 1. The van der Waals surface area contributed by atoms with Crippen LogP contribution in [0.5, 0.6) is 0 Å². The summed E-state index contributed by atoms with van der Waals surface area (Å²) in [4.78, 5) is 17.2. The first-order valence-electron chi connectivity index (χ1n) is 8.02. The van der Waals surface area contributed by atoms with Crippen LogP contribution in [-0.2, 0) is 4.84 Å². The summed E-state index contributed by atoms with van der Waals surface area (Å²) in [6.45, 7) is 0. The molecule has 0 heterocycles. The predicted octanol–water partition coefficient (Wildman–Crippen LogP) is 5.51. The first-order chi connectivity index (χ1) is 11.7. The molecule has 0 unspecified atom stereocenters. The van der Waals surface area contributed by atoms with Gasteiger partial charge in [0.25, 0.3) is 0 Å². The Labute approximate surface area is 146 Å². The van der Waals surface area contributed by atoms with Crippen molar-refractivity contribution in [2.75, 3.05) is 0 Å². The van der Waals surface area contributed by atoms with Crippen LogP contribution in [0.3, 0.4) is 0 Å². The number of carbonyl (C=O) groups excluding carboxylic acids is 1. The zero-order valence-electron chi connectivity index (χ0n) is 13.2. The highest BCUT2D eigenvalue weighted by atomic mass is 35.5. The van der Waals surface area contributed by atoms with Crippen LogP contribution in [0.15, 0.2) is 65.3 Å². The quantitative estimate of drug-likeness (QED) is 0.546. The third-order valence-electron chi connectivity index (χ3n) is 3.94. The molecule has 3 nitrogen and oxygen atoms in total. The fourth-order valence-corrected chi connectivity index (χ4v) is 2.78. The van der Waals surface area contributed by atoms with E-state index >= 15 is 0 Å². The zero-order chi connectivity index (χ0) is 16.8. The van der Waals surface area contributed by atoms with Gasteiger partial charge in [0.05, 0.1) is 11.3 Å². The molecule has 1 aliphatic carbocycles. The smallest absolute Gasteiger partial charge is 0.313 e. The van der Waals surface area contributed by atoms with Crippen molar-refractivity contribution in [1.29, 1.82) is 0 Å². The Morgan fingerprint density at radius 2 is 1.71 bits per heavy atom. The molecule has 0 spiro atoms. The van der Waals surface area contributed by atoms with Gasteiger partial charge in [0.15, 0.2) is 0 Å². The largest absolute Gasteiger partial charge is 0.365 e. The van der Waals surface area contributed by atoms with Crippen molar-refractivity contribution in [2.45, 2.75) is 25.7 Å². The standard InChI is InChI=1S/C20H18ClNO2/c21-18-12-10-16(11-13-18)20(23)24-22-19-9-5-4-8-17(19)14-15-6-2-1-3-7-15/h1-3,6-7,10-14H,4-5,8-9H2/b17-14-,22-19+. The molecule has 0 radical (unpaired) electrons. The highest BCUT2D eigenvalue weighted by molar-refractivity contribution is 6.30. The van der Waals surface area contributed by atoms with E-state index in [2.05, 4.69) is 23.4 Å². The van der Waals surface area contributed by atoms with E-state index in [0.717, 1.165) is 42.5 Å². The third kappa shape index (κ3) is 4.33. The zero-order valence-corrected chi connectivity index (χ0v) is 14.0. The predicted molar refractivity (Wildman–Crippen MR) is 97.2 cm³/mol. The van der Waals surface area contributed by atoms with Crippen LogP contribution < -0.4 is 0 Å². The Bertz CT molecular complexity index is 764. The third-order valence-corrected chi connectivity index (χ3v) is 4.19. The van der Waals surface area contributed by atoms with Gasteiger partial charge in [0.2, 0.25) is 0 Å². The van der Waals surface area contributed by atoms with Gasteiger partial charge in [0.1, 0.15) is 0 Å². The van der Waals surface area contributed by atoms with Crippen LogP contribution in [0, 0.1) is 0 Å². The van der Waals surface area contributed by atoms with Gasteiger partial charge in [-0.2, -0.15) is 0 Å². The Balaban J connectivity index is 1.75. The van der Waals surface area contributed by atoms with Crippen molar-refractivity contribution in [2.24, 2.45) is 5.16 Å². The topological polar surface area (TPSA) is 38.7 Å². The molecule has 0 bridgehead atoms. The molecule has 0 atom stereocenters. The van der Waals surface area contributed by atoms with Gasteiger partial charge in [0, 0.05) is 5.02 Å². The van der Waals surface area contributed by atoms with E-state index < -0.39 is 5.97 Å². The molecular formula is C20H18ClNO2. The molecule has 0 saturated heterocycles. The minimum Gasteiger partial charge on any atom is -0.313 e. The van der Waals surface area contributed by atoms with E-state index in [1.807, 2.05) is 18.2 Å². The lowest BCUT2D eigenvalue weighted by atomic mass is 9.91. The molecule has 4 heteroatoms. The van der Waals surface area contributed by atoms with Gasteiger partial charge in [-0.15, -0.1) is 0 Å². The monoisotopic (exact) mass is 339 g/mol. The first-order valence-corrected chi connectivity index (χ1v) is 8.40. The maximum atomic E-state index is 12.1. The number of oxime groups is 1. The number of benzene rings is 2. The molecule has 0 amide bonds. The van der Waals surface area contributed by atoms with Crippen LogP contribution in [0.2, 0.25) is 5.02 Å². The summed E-state index contributed by atoms with van der Waals surface area (Å²) in [5.74, 6) is -0.469. The molecule has 1 fully saturated rings. The average Bonchev–Trinajstić information content (AvgIpc) is 2.62. The van der Waals surface area contributed by atoms with Crippen molar-refractivity contribution in [3.63, 3.8) is 0 Å². The fourth-order valence-electron chi connectivity index (χ4n) is 2.66. The van der Waals surface area contributed by atoms with Crippen LogP contribution >= 0.6 is 11.6 Å². The second-order valence-electron chi connectivity index (χ2n) is 5.71. The van der Waals surface area contributed by atoms with E-state index in [4.69, 9.17) is 16.4 Å². The Morgan fingerprint density at radius 3 is 2.46 bits per heavy atom. The summed E-state index contributed by atoms with van der Waals surface area (Å²) in [6, 6.07) is 16.7. The molecule has 3 rings (SSSR count). The summed E-state index contributed by atoms with van der Waals surface area (Å²) in [7, 11) is 0. The minimum absolute atomic E-state index is 0.438. The maximum Gasteiger partial charge on any atom is 0.365 e. The number of hydrogen-bond acceptors (Lipinski definition) is 3. The van der Waals surface area contributed by atoms with Crippen LogP contribution in [0.4, 0.5) is 0 Å². The molecule has 0 N–H and O–H groups in total. The fraction of sp³-hybridized carbons (Fsp3) is 0.200. The van der Waals surface area contributed by atoms with E-state index in [-0.39, 0.29) is 0 Å². The number of rotatable bonds is 3. The van der Waals surface area contributed by atoms with Crippen LogP contribution in [-0.4, -0.2) is 11.7 Å². The molecule has 24 heavy (non-hydrogen) atoms. The molecule has 1 aliphatic rings. The Morgan fingerprint density at radius 1 is 1.00 bits per heavy atom. The summed E-state index contributed by atoms with van der Waals surface area (Å²) < 4.78 is 0. The minimum atomic E-state index is -0.469. The number of carbonyl (C=O) groups is 1. The van der Waals surface area contributed by atoms with E-state index in [9.17, 15) is 4.79 Å². The highest BCUT2D eigenvalue weighted by Crippen LogP contribution is 2.24. The molecular weight excluding hydrogens is 322 g/mol. The van der Waals surface area contributed by atoms with Crippen molar-refractivity contribution in [3.05, 3.63) is 76.3 Å². The molecule has 1 saturated carbocycles. The van der Waals surface area contributed by atoms with Crippen molar-refractivity contribution < 1.29 is 9.63 Å². The van der Waals surface area contributed by atoms with Crippen LogP contribution in [0.25, 0.3) is 6.08 Å². The highest BCUT2D eigenvalue weighted by Gasteiger charge is 2.15. The molecule has 2 aromatic carbocycles. The average molecular weight is 340 g/mol.